The van der Waals surface area contributed by atoms with Crippen LogP contribution >= 0.6 is 19.2 Å². The standard InChI is InChI=1S/C29H25ClF2NO9PS/c1-42-26-4-2-3-5-27(26)44(40,41)33(17-19-8-12-23(24(30)14-19)29(31,32)43(37,38)39)16-18-6-9-20(10-7-18)21-11-13-25(34)22(15-21)28(35)36/h2-15,34H,16-17H2,1H3,(H,35,36)(H2,37,38,39). The third kappa shape index (κ3) is 6.78. The second kappa shape index (κ2) is 12.6. The highest BCUT2D eigenvalue weighted by molar-refractivity contribution is 7.89. The highest BCUT2D eigenvalue weighted by Gasteiger charge is 2.51. The molecule has 0 spiro atoms. The number of hydrogen-bond donors (Lipinski definition) is 4. The van der Waals surface area contributed by atoms with Crippen molar-refractivity contribution in [3.05, 3.63) is 112 Å². The van der Waals surface area contributed by atoms with E-state index in [4.69, 9.17) is 26.1 Å². The number of hydrogen-bond acceptors (Lipinski definition) is 6. The molecule has 0 atom stereocenters. The van der Waals surface area contributed by atoms with Crippen LogP contribution in [0.4, 0.5) is 8.78 Å². The molecular weight excluding hydrogens is 643 g/mol. The van der Waals surface area contributed by atoms with Gasteiger partial charge in [-0.2, -0.15) is 13.1 Å². The lowest BCUT2D eigenvalue weighted by atomic mass is 10.0. The maximum absolute atomic E-state index is 14.3. The molecule has 0 saturated heterocycles. The summed E-state index contributed by atoms with van der Waals surface area (Å²) in [5.74, 6) is -1.64. The Balaban J connectivity index is 1.72. The zero-order chi connectivity index (χ0) is 32.4. The summed E-state index contributed by atoms with van der Waals surface area (Å²) in [6.45, 7) is -0.585. The first kappa shape index (κ1) is 33.1. The fourth-order valence-corrected chi connectivity index (χ4v) is 6.82. The monoisotopic (exact) mass is 667 g/mol. The van der Waals surface area contributed by atoms with E-state index in [1.54, 1.807) is 30.3 Å². The molecule has 0 aliphatic carbocycles. The van der Waals surface area contributed by atoms with Crippen LogP contribution in [-0.2, 0) is 33.3 Å². The summed E-state index contributed by atoms with van der Waals surface area (Å²) in [6, 6.07) is 19.3. The molecule has 10 nitrogen and oxygen atoms in total. The normalized spacial score (nSPS) is 12.3. The first-order valence-electron chi connectivity index (χ1n) is 12.6. The van der Waals surface area contributed by atoms with E-state index in [2.05, 4.69) is 0 Å². The molecule has 0 bridgehead atoms. The number of carboxylic acid groups (broad SMARTS) is 1. The van der Waals surface area contributed by atoms with Gasteiger partial charge >= 0.3 is 19.2 Å². The minimum Gasteiger partial charge on any atom is -0.507 e. The maximum Gasteiger partial charge on any atom is 0.399 e. The first-order chi connectivity index (χ1) is 20.6. The molecule has 0 unspecified atom stereocenters. The second-order valence-corrected chi connectivity index (χ2v) is 13.5. The van der Waals surface area contributed by atoms with Crippen molar-refractivity contribution in [2.45, 2.75) is 23.6 Å². The number of ether oxygens (including phenoxy) is 1. The number of aromatic carboxylic acids is 1. The lowest BCUT2D eigenvalue weighted by Gasteiger charge is -2.24. The van der Waals surface area contributed by atoms with Crippen LogP contribution in [0.1, 0.15) is 27.0 Å². The van der Waals surface area contributed by atoms with Crippen molar-refractivity contribution >= 4 is 35.2 Å². The number of carbonyl (C=O) groups is 1. The molecule has 44 heavy (non-hydrogen) atoms. The Morgan fingerprint density at radius 3 is 2.11 bits per heavy atom. The Morgan fingerprint density at radius 1 is 0.932 bits per heavy atom. The van der Waals surface area contributed by atoms with E-state index in [0.717, 1.165) is 22.5 Å². The van der Waals surface area contributed by atoms with Crippen molar-refractivity contribution in [1.82, 2.24) is 4.31 Å². The van der Waals surface area contributed by atoms with E-state index < -0.39 is 45.6 Å². The van der Waals surface area contributed by atoms with Crippen LogP contribution in [-0.4, -0.2) is 45.8 Å². The Bertz CT molecular complexity index is 1870. The fraction of sp³-hybridized carbons (Fsp3) is 0.138. The van der Waals surface area contributed by atoms with Gasteiger partial charge in [-0.1, -0.05) is 66.2 Å². The highest BCUT2D eigenvalue weighted by atomic mass is 35.5. The van der Waals surface area contributed by atoms with E-state index in [1.165, 1.54) is 43.5 Å². The summed E-state index contributed by atoms with van der Waals surface area (Å²) < 4.78 is 74.1. The van der Waals surface area contributed by atoms with Crippen LogP contribution in [0.25, 0.3) is 11.1 Å². The van der Waals surface area contributed by atoms with Gasteiger partial charge in [0.05, 0.1) is 17.7 Å². The largest absolute Gasteiger partial charge is 0.507 e. The molecule has 4 N–H and O–H groups in total. The topological polar surface area (TPSA) is 162 Å². The molecule has 0 radical (unpaired) electrons. The second-order valence-electron chi connectivity index (χ2n) is 9.56. The number of benzene rings is 4. The molecule has 0 fully saturated rings. The van der Waals surface area contributed by atoms with Gasteiger partial charge in [-0.3, -0.25) is 4.57 Å². The van der Waals surface area contributed by atoms with Gasteiger partial charge in [-0.05, 0) is 52.6 Å². The van der Waals surface area contributed by atoms with E-state index >= 15 is 0 Å². The van der Waals surface area contributed by atoms with Gasteiger partial charge in [-0.25, -0.2) is 13.2 Å². The van der Waals surface area contributed by atoms with Crippen LogP contribution in [0.5, 0.6) is 11.5 Å². The number of rotatable bonds is 11. The molecule has 4 aromatic rings. The van der Waals surface area contributed by atoms with Crippen molar-refractivity contribution in [3.63, 3.8) is 0 Å². The molecule has 0 amide bonds. The average molecular weight is 668 g/mol. The maximum atomic E-state index is 14.3. The Hall–Kier alpha value is -3.84. The van der Waals surface area contributed by atoms with Gasteiger partial charge < -0.3 is 24.7 Å². The lowest BCUT2D eigenvalue weighted by molar-refractivity contribution is 0.0565. The third-order valence-electron chi connectivity index (χ3n) is 6.64. The van der Waals surface area contributed by atoms with Gasteiger partial charge in [0.25, 0.3) is 0 Å². The minimum atomic E-state index is -5.90. The van der Waals surface area contributed by atoms with Gasteiger partial charge in [0.2, 0.25) is 10.0 Å². The number of para-hydroxylation sites is 1. The molecule has 0 saturated carbocycles. The predicted octanol–water partition coefficient (Wildman–Crippen LogP) is 6.04. The number of halogens is 3. The number of aromatic hydroxyl groups is 1. The minimum absolute atomic E-state index is 0.0593. The van der Waals surface area contributed by atoms with Crippen molar-refractivity contribution in [3.8, 4) is 22.6 Å². The molecule has 4 rings (SSSR count). The molecule has 4 aromatic carbocycles. The van der Waals surface area contributed by atoms with Crippen molar-refractivity contribution < 1.29 is 51.3 Å². The van der Waals surface area contributed by atoms with Crippen LogP contribution in [0.3, 0.4) is 0 Å². The van der Waals surface area contributed by atoms with Gasteiger partial charge in [0.1, 0.15) is 22.0 Å². The number of alkyl halides is 2. The summed E-state index contributed by atoms with van der Waals surface area (Å²) in [5.41, 5.74) is -4.22. The Kier molecular flexibility index (Phi) is 9.50. The number of nitrogens with zero attached hydrogens (tertiary/aromatic N) is 1. The predicted molar refractivity (Wildman–Crippen MR) is 157 cm³/mol. The van der Waals surface area contributed by atoms with Crippen LogP contribution in [0, 0.1) is 0 Å². The van der Waals surface area contributed by atoms with E-state index in [1.807, 2.05) is 0 Å². The van der Waals surface area contributed by atoms with E-state index in [0.29, 0.717) is 16.7 Å². The number of methoxy groups -OCH3 is 1. The van der Waals surface area contributed by atoms with E-state index in [9.17, 15) is 36.8 Å². The molecule has 15 heteroatoms. The van der Waals surface area contributed by atoms with Crippen LogP contribution in [0.2, 0.25) is 5.02 Å². The SMILES string of the molecule is COc1ccccc1S(=O)(=O)N(Cc1ccc(-c2ccc(O)c(C(=O)O)c2)cc1)Cc1ccc(C(F)(F)P(=O)(O)O)c(Cl)c1. The van der Waals surface area contributed by atoms with Crippen molar-refractivity contribution in [2.75, 3.05) is 7.11 Å². The molecule has 0 aromatic heterocycles. The first-order valence-corrected chi connectivity index (χ1v) is 16.0. The summed E-state index contributed by atoms with van der Waals surface area (Å²) in [5, 5.41) is 18.4. The molecular formula is C29H25ClF2NO9PS. The van der Waals surface area contributed by atoms with E-state index in [-0.39, 0.29) is 34.9 Å². The zero-order valence-electron chi connectivity index (χ0n) is 22.8. The third-order valence-corrected chi connectivity index (χ3v) is 9.76. The zero-order valence-corrected chi connectivity index (χ0v) is 25.2. The molecule has 0 heterocycles. The number of phenols is 1. The summed E-state index contributed by atoms with van der Waals surface area (Å²) in [7, 11) is -8.89. The average Bonchev–Trinajstić information content (AvgIpc) is 2.96. The van der Waals surface area contributed by atoms with Crippen LogP contribution < -0.4 is 4.74 Å². The smallest absolute Gasteiger partial charge is 0.399 e. The van der Waals surface area contributed by atoms with Gasteiger partial charge in [0, 0.05) is 13.1 Å². The summed E-state index contributed by atoms with van der Waals surface area (Å²) in [4.78, 5) is 29.4. The Labute approximate surface area is 255 Å². The van der Waals surface area contributed by atoms with Crippen molar-refractivity contribution in [2.24, 2.45) is 0 Å². The Morgan fingerprint density at radius 2 is 1.52 bits per heavy atom. The van der Waals surface area contributed by atoms with Crippen LogP contribution in [0.15, 0.2) is 89.8 Å². The summed E-state index contributed by atoms with van der Waals surface area (Å²) in [6.07, 6.45) is 0. The molecule has 232 valence electrons. The van der Waals surface area contributed by atoms with Crippen molar-refractivity contribution in [1.29, 1.82) is 0 Å². The number of sulfonamides is 1. The molecule has 0 aliphatic heterocycles. The lowest BCUT2D eigenvalue weighted by Crippen LogP contribution is -2.30. The highest BCUT2D eigenvalue weighted by Crippen LogP contribution is 2.60. The summed E-state index contributed by atoms with van der Waals surface area (Å²) >= 11 is 5.99. The fourth-order valence-electron chi connectivity index (χ4n) is 4.35. The van der Waals surface area contributed by atoms with Gasteiger partial charge in [0.15, 0.2) is 0 Å². The van der Waals surface area contributed by atoms with Gasteiger partial charge in [-0.15, -0.1) is 0 Å². The number of carboxylic acids is 1. The molecule has 0 aliphatic rings. The quantitative estimate of drug-likeness (QED) is 0.140.